The van der Waals surface area contributed by atoms with Gasteiger partial charge in [-0.15, -0.1) is 0 Å². The quantitative estimate of drug-likeness (QED) is 0.665. The van der Waals surface area contributed by atoms with Crippen molar-refractivity contribution in [1.82, 2.24) is 5.32 Å². The van der Waals surface area contributed by atoms with E-state index in [1.54, 1.807) is 12.1 Å². The zero-order valence-corrected chi connectivity index (χ0v) is 18.5. The van der Waals surface area contributed by atoms with Gasteiger partial charge >= 0.3 is 0 Å². The Labute approximate surface area is 176 Å². The first-order chi connectivity index (χ1) is 13.2. The molecule has 0 bridgehead atoms. The summed E-state index contributed by atoms with van der Waals surface area (Å²) < 4.78 is 25.4. The summed E-state index contributed by atoms with van der Waals surface area (Å²) in [6, 6.07) is 10.9. The molecule has 0 aliphatic rings. The van der Waals surface area contributed by atoms with Gasteiger partial charge in [-0.25, -0.2) is 8.42 Å². The van der Waals surface area contributed by atoms with E-state index in [0.29, 0.717) is 6.54 Å². The van der Waals surface area contributed by atoms with Crippen LogP contribution in [0.15, 0.2) is 36.4 Å². The minimum atomic E-state index is -3.73. The summed E-state index contributed by atoms with van der Waals surface area (Å²) in [5, 5.41) is 3.12. The van der Waals surface area contributed by atoms with Gasteiger partial charge in [0.05, 0.1) is 22.0 Å². The predicted molar refractivity (Wildman–Crippen MR) is 116 cm³/mol. The zero-order chi connectivity index (χ0) is 20.9. The van der Waals surface area contributed by atoms with Gasteiger partial charge < -0.3 is 5.32 Å². The number of hydrogen-bond donors (Lipinski definition) is 1. The van der Waals surface area contributed by atoms with E-state index in [1.165, 1.54) is 11.6 Å². The van der Waals surface area contributed by atoms with Gasteiger partial charge in [-0.05, 0) is 41.7 Å². The number of carbonyl (C=O) groups excluding carboxylic acids is 1. The monoisotopic (exact) mass is 442 g/mol. The van der Waals surface area contributed by atoms with E-state index in [4.69, 9.17) is 23.2 Å². The lowest BCUT2D eigenvalue weighted by Crippen LogP contribution is -2.40. The number of rotatable bonds is 8. The second-order valence-electron chi connectivity index (χ2n) is 6.43. The third-order valence-corrected chi connectivity index (χ3v) is 6.36. The van der Waals surface area contributed by atoms with Crippen LogP contribution in [0.1, 0.15) is 30.5 Å². The van der Waals surface area contributed by atoms with Crippen molar-refractivity contribution in [1.29, 1.82) is 0 Å². The Bertz CT molecular complexity index is 962. The molecule has 0 unspecified atom stereocenters. The number of aryl methyl sites for hydroxylation is 2. The maximum atomic E-state index is 12.5. The minimum Gasteiger partial charge on any atom is -0.350 e. The second kappa shape index (κ2) is 9.63. The Kier molecular flexibility index (Phi) is 7.75. The van der Waals surface area contributed by atoms with Crippen LogP contribution in [0.3, 0.4) is 0 Å². The third kappa shape index (κ3) is 5.63. The highest BCUT2D eigenvalue weighted by molar-refractivity contribution is 7.92. The van der Waals surface area contributed by atoms with Crippen LogP contribution in [0, 0.1) is 0 Å². The van der Waals surface area contributed by atoms with Gasteiger partial charge in [0.1, 0.15) is 6.54 Å². The Balaban J connectivity index is 2.19. The van der Waals surface area contributed by atoms with Crippen LogP contribution in [-0.2, 0) is 34.2 Å². The van der Waals surface area contributed by atoms with Crippen molar-refractivity contribution in [3.05, 3.63) is 63.1 Å². The largest absolute Gasteiger partial charge is 0.350 e. The van der Waals surface area contributed by atoms with Gasteiger partial charge in [0.25, 0.3) is 0 Å². The van der Waals surface area contributed by atoms with Gasteiger partial charge in [0.2, 0.25) is 15.9 Å². The zero-order valence-electron chi connectivity index (χ0n) is 16.1. The van der Waals surface area contributed by atoms with E-state index in [2.05, 4.69) is 37.4 Å². The molecule has 2 aromatic rings. The van der Waals surface area contributed by atoms with E-state index in [1.807, 2.05) is 0 Å². The molecule has 28 heavy (non-hydrogen) atoms. The van der Waals surface area contributed by atoms with Crippen molar-refractivity contribution in [2.75, 3.05) is 17.1 Å². The maximum Gasteiger partial charge on any atom is 0.241 e. The summed E-state index contributed by atoms with van der Waals surface area (Å²) in [6.45, 7) is 4.07. The van der Waals surface area contributed by atoms with Crippen molar-refractivity contribution in [2.24, 2.45) is 0 Å². The average molecular weight is 443 g/mol. The molecule has 0 aliphatic heterocycles. The molecule has 0 heterocycles. The lowest BCUT2D eigenvalue weighted by atomic mass is 10.0. The third-order valence-electron chi connectivity index (χ3n) is 4.42. The summed E-state index contributed by atoms with van der Waals surface area (Å²) in [7, 11) is -3.73. The SMILES string of the molecule is CCc1ccc(CC)c(CNC(=O)CN(c2cccc(Cl)c2Cl)S(C)(=O)=O)c1. The molecule has 0 fully saturated rings. The second-order valence-corrected chi connectivity index (χ2v) is 9.12. The predicted octanol–water partition coefficient (Wildman–Crippen LogP) is 4.20. The highest BCUT2D eigenvalue weighted by Crippen LogP contribution is 2.33. The summed E-state index contributed by atoms with van der Waals surface area (Å²) in [5.41, 5.74) is 3.54. The van der Waals surface area contributed by atoms with Gasteiger partial charge in [0, 0.05) is 6.54 Å². The molecule has 0 atom stereocenters. The normalized spacial score (nSPS) is 11.3. The van der Waals surface area contributed by atoms with Gasteiger partial charge in [-0.2, -0.15) is 0 Å². The van der Waals surface area contributed by atoms with Crippen LogP contribution >= 0.6 is 23.2 Å². The van der Waals surface area contributed by atoms with Crippen molar-refractivity contribution < 1.29 is 13.2 Å². The number of amides is 1. The Morgan fingerprint density at radius 3 is 2.39 bits per heavy atom. The molecule has 0 spiro atoms. The summed E-state index contributed by atoms with van der Waals surface area (Å²) in [6.07, 6.45) is 2.78. The molecular formula is C20H24Cl2N2O3S. The molecule has 0 saturated carbocycles. The van der Waals surface area contributed by atoms with Crippen LogP contribution in [0.5, 0.6) is 0 Å². The molecule has 0 aromatic heterocycles. The molecule has 152 valence electrons. The van der Waals surface area contributed by atoms with E-state index < -0.39 is 15.9 Å². The van der Waals surface area contributed by atoms with Crippen molar-refractivity contribution in [3.8, 4) is 0 Å². The number of sulfonamides is 1. The summed E-state index contributed by atoms with van der Waals surface area (Å²) >= 11 is 12.1. The highest BCUT2D eigenvalue weighted by Gasteiger charge is 2.24. The number of anilines is 1. The number of nitrogens with zero attached hydrogens (tertiary/aromatic N) is 1. The first kappa shape index (κ1) is 22.5. The number of halogens is 2. The maximum absolute atomic E-state index is 12.5. The molecule has 2 rings (SSSR count). The van der Waals surface area contributed by atoms with Crippen molar-refractivity contribution in [2.45, 2.75) is 33.2 Å². The summed E-state index contributed by atoms with van der Waals surface area (Å²) in [5.74, 6) is -0.426. The summed E-state index contributed by atoms with van der Waals surface area (Å²) in [4.78, 5) is 12.5. The fraction of sp³-hybridized carbons (Fsp3) is 0.350. The lowest BCUT2D eigenvalue weighted by Gasteiger charge is -2.23. The van der Waals surface area contributed by atoms with Gasteiger partial charge in [-0.1, -0.05) is 61.3 Å². The van der Waals surface area contributed by atoms with E-state index in [0.717, 1.165) is 34.5 Å². The molecule has 2 aromatic carbocycles. The van der Waals surface area contributed by atoms with E-state index >= 15 is 0 Å². The fourth-order valence-corrected chi connectivity index (χ4v) is 4.16. The molecule has 0 aliphatic carbocycles. The fourth-order valence-electron chi connectivity index (χ4n) is 2.85. The Morgan fingerprint density at radius 2 is 1.79 bits per heavy atom. The number of benzene rings is 2. The molecule has 1 N–H and O–H groups in total. The first-order valence-corrected chi connectivity index (χ1v) is 11.6. The van der Waals surface area contributed by atoms with Crippen LogP contribution in [0.2, 0.25) is 10.0 Å². The smallest absolute Gasteiger partial charge is 0.241 e. The molecule has 8 heteroatoms. The highest BCUT2D eigenvalue weighted by atomic mass is 35.5. The molecular weight excluding hydrogens is 419 g/mol. The van der Waals surface area contributed by atoms with E-state index in [9.17, 15) is 13.2 Å². The Hall–Kier alpha value is -1.76. The number of carbonyl (C=O) groups is 1. The number of hydrogen-bond acceptors (Lipinski definition) is 3. The van der Waals surface area contributed by atoms with Crippen molar-refractivity contribution >= 4 is 44.8 Å². The van der Waals surface area contributed by atoms with Crippen LogP contribution in [0.4, 0.5) is 5.69 Å². The molecule has 0 radical (unpaired) electrons. The van der Waals surface area contributed by atoms with Crippen molar-refractivity contribution in [3.63, 3.8) is 0 Å². The van der Waals surface area contributed by atoms with Gasteiger partial charge in [-0.3, -0.25) is 9.10 Å². The molecule has 1 amide bonds. The van der Waals surface area contributed by atoms with Gasteiger partial charge in [0.15, 0.2) is 0 Å². The van der Waals surface area contributed by atoms with Crippen LogP contribution < -0.4 is 9.62 Å². The number of nitrogens with one attached hydrogen (secondary N) is 1. The molecule has 0 saturated heterocycles. The topological polar surface area (TPSA) is 66.5 Å². The van der Waals surface area contributed by atoms with E-state index in [-0.39, 0.29) is 22.3 Å². The minimum absolute atomic E-state index is 0.0892. The molecule has 5 nitrogen and oxygen atoms in total. The Morgan fingerprint density at radius 1 is 1.07 bits per heavy atom. The first-order valence-electron chi connectivity index (χ1n) is 8.96. The standard InChI is InChI=1S/C20H24Cl2N2O3S/c1-4-14-9-10-15(5-2)16(11-14)12-23-19(25)13-24(28(3,26)27)18-8-6-7-17(21)20(18)22/h6-11H,4-5,12-13H2,1-3H3,(H,23,25). The lowest BCUT2D eigenvalue weighted by molar-refractivity contribution is -0.119. The average Bonchev–Trinajstić information content (AvgIpc) is 2.65. The van der Waals surface area contributed by atoms with Crippen LogP contribution in [0.25, 0.3) is 0 Å². The van der Waals surface area contributed by atoms with Crippen LogP contribution in [-0.4, -0.2) is 27.1 Å².